The van der Waals surface area contributed by atoms with E-state index in [0.717, 1.165) is 15.7 Å². The summed E-state index contributed by atoms with van der Waals surface area (Å²) in [7, 11) is 0. The van der Waals surface area contributed by atoms with Crippen molar-refractivity contribution in [2.24, 2.45) is 0 Å². The van der Waals surface area contributed by atoms with E-state index < -0.39 is 0 Å². The highest BCUT2D eigenvalue weighted by molar-refractivity contribution is 9.10. The Morgan fingerprint density at radius 2 is 1.96 bits per heavy atom. The van der Waals surface area contributed by atoms with Crippen LogP contribution in [0, 0.1) is 0 Å². The molecule has 0 atom stereocenters. The molecule has 0 aliphatic heterocycles. The van der Waals surface area contributed by atoms with Crippen LogP contribution in [0.4, 0.5) is 5.13 Å². The minimum absolute atomic E-state index is 0.0145. The molecule has 1 aromatic heterocycles. The Morgan fingerprint density at radius 3 is 2.65 bits per heavy atom. The van der Waals surface area contributed by atoms with Crippen molar-refractivity contribution in [3.63, 3.8) is 0 Å². The minimum Gasteiger partial charge on any atom is -0.484 e. The highest BCUT2D eigenvalue weighted by atomic mass is 79.9. The third kappa shape index (κ3) is 4.77. The molecule has 0 aliphatic carbocycles. The lowest BCUT2D eigenvalue weighted by atomic mass is 10.1. The van der Waals surface area contributed by atoms with Gasteiger partial charge < -0.3 is 4.74 Å². The summed E-state index contributed by atoms with van der Waals surface area (Å²) in [6.45, 7) is 1.37. The van der Waals surface area contributed by atoms with Crippen LogP contribution in [0.2, 0.25) is 0 Å². The summed E-state index contributed by atoms with van der Waals surface area (Å²) in [5, 5.41) is 5.13. The normalized spacial score (nSPS) is 10.4. The van der Waals surface area contributed by atoms with Crippen molar-refractivity contribution < 1.29 is 14.3 Å². The number of rotatable bonds is 6. The number of carbonyl (C=O) groups is 2. The van der Waals surface area contributed by atoms with Crippen molar-refractivity contribution in [2.75, 3.05) is 11.9 Å². The first-order valence-corrected chi connectivity index (χ1v) is 9.43. The molecule has 0 bridgehead atoms. The molecule has 0 spiro atoms. The molecule has 0 unspecified atom stereocenters. The number of carbonyl (C=O) groups excluding carboxylic acids is 2. The number of ketones is 1. The second-order valence-electron chi connectivity index (χ2n) is 5.47. The maximum atomic E-state index is 12.0. The fourth-order valence-electron chi connectivity index (χ4n) is 2.20. The van der Waals surface area contributed by atoms with E-state index in [2.05, 4.69) is 26.2 Å². The Labute approximate surface area is 163 Å². The van der Waals surface area contributed by atoms with E-state index in [-0.39, 0.29) is 18.3 Å². The van der Waals surface area contributed by atoms with Crippen molar-refractivity contribution in [1.29, 1.82) is 0 Å². The zero-order valence-corrected chi connectivity index (χ0v) is 16.3. The molecule has 1 N–H and O–H groups in total. The molecule has 3 rings (SSSR count). The number of amides is 1. The molecule has 5 nitrogen and oxygen atoms in total. The zero-order chi connectivity index (χ0) is 18.5. The quantitative estimate of drug-likeness (QED) is 0.570. The maximum Gasteiger partial charge on any atom is 0.264 e. The van der Waals surface area contributed by atoms with E-state index in [9.17, 15) is 9.59 Å². The fraction of sp³-hybridized carbons (Fsp3) is 0.105. The van der Waals surface area contributed by atoms with Crippen molar-refractivity contribution in [1.82, 2.24) is 4.98 Å². The Hall–Kier alpha value is -2.51. The van der Waals surface area contributed by atoms with Crippen molar-refractivity contribution in [3.8, 4) is 17.0 Å². The van der Waals surface area contributed by atoms with Crippen LogP contribution in [0.25, 0.3) is 11.3 Å². The summed E-state index contributed by atoms with van der Waals surface area (Å²) in [5.41, 5.74) is 2.37. The van der Waals surface area contributed by atoms with Crippen molar-refractivity contribution in [2.45, 2.75) is 6.92 Å². The molecular weight excluding hydrogens is 416 g/mol. The number of Topliss-reactive ketones (excluding diaryl/α,β-unsaturated/α-hetero) is 1. The standard InChI is InChI=1S/C19H15BrN2O3S/c1-12(23)13-5-7-16(8-6-13)25-10-18(24)22-19-21-17(11-26-19)14-3-2-4-15(20)9-14/h2-9,11H,10H2,1H3,(H,21,22,24). The van der Waals surface area contributed by atoms with Gasteiger partial charge in [0.1, 0.15) is 5.75 Å². The Kier molecular flexibility index (Phi) is 5.80. The number of nitrogens with zero attached hydrogens (tertiary/aromatic N) is 1. The van der Waals surface area contributed by atoms with E-state index in [1.54, 1.807) is 24.3 Å². The smallest absolute Gasteiger partial charge is 0.264 e. The molecule has 7 heteroatoms. The molecule has 0 saturated heterocycles. The van der Waals surface area contributed by atoms with Gasteiger partial charge in [-0.2, -0.15) is 0 Å². The number of benzene rings is 2. The van der Waals surface area contributed by atoms with Crippen LogP contribution < -0.4 is 10.1 Å². The van der Waals surface area contributed by atoms with Crippen LogP contribution in [0.5, 0.6) is 5.75 Å². The summed E-state index contributed by atoms with van der Waals surface area (Å²) in [5.74, 6) is 0.217. The monoisotopic (exact) mass is 430 g/mol. The molecule has 0 radical (unpaired) electrons. The highest BCUT2D eigenvalue weighted by Crippen LogP contribution is 2.26. The van der Waals surface area contributed by atoms with E-state index >= 15 is 0 Å². The number of hydrogen-bond donors (Lipinski definition) is 1. The molecule has 1 heterocycles. The van der Waals surface area contributed by atoms with Crippen LogP contribution in [0.1, 0.15) is 17.3 Å². The molecule has 132 valence electrons. The number of thiazole rings is 1. The molecular formula is C19H15BrN2O3S. The van der Waals surface area contributed by atoms with E-state index in [1.807, 2.05) is 29.6 Å². The SMILES string of the molecule is CC(=O)c1ccc(OCC(=O)Nc2nc(-c3cccc(Br)c3)cs2)cc1. The van der Waals surface area contributed by atoms with Gasteiger partial charge in [0, 0.05) is 21.0 Å². The van der Waals surface area contributed by atoms with Gasteiger partial charge in [-0.1, -0.05) is 28.1 Å². The third-order valence-electron chi connectivity index (χ3n) is 3.50. The van der Waals surface area contributed by atoms with E-state index in [0.29, 0.717) is 16.4 Å². The number of hydrogen-bond acceptors (Lipinski definition) is 5. The van der Waals surface area contributed by atoms with Crippen LogP contribution in [0.15, 0.2) is 58.4 Å². The van der Waals surface area contributed by atoms with Gasteiger partial charge in [0.05, 0.1) is 5.69 Å². The van der Waals surface area contributed by atoms with Crippen molar-refractivity contribution >= 4 is 44.1 Å². The number of nitrogens with one attached hydrogen (secondary N) is 1. The molecule has 0 aliphatic rings. The van der Waals surface area contributed by atoms with Crippen LogP contribution >= 0.6 is 27.3 Å². The van der Waals surface area contributed by atoms with Gasteiger partial charge in [0.15, 0.2) is 17.5 Å². The third-order valence-corrected chi connectivity index (χ3v) is 4.75. The molecule has 26 heavy (non-hydrogen) atoms. The lowest BCUT2D eigenvalue weighted by molar-refractivity contribution is -0.118. The maximum absolute atomic E-state index is 12.0. The Morgan fingerprint density at radius 1 is 1.19 bits per heavy atom. The van der Waals surface area contributed by atoms with Crippen LogP contribution in [0.3, 0.4) is 0 Å². The number of anilines is 1. The topological polar surface area (TPSA) is 68.3 Å². The summed E-state index contributed by atoms with van der Waals surface area (Å²) >= 11 is 4.79. The predicted octanol–water partition coefficient (Wildman–Crippen LogP) is 4.79. The first-order valence-electron chi connectivity index (χ1n) is 7.76. The van der Waals surface area contributed by atoms with Crippen molar-refractivity contribution in [3.05, 3.63) is 63.9 Å². The molecule has 2 aromatic carbocycles. The summed E-state index contributed by atoms with van der Waals surface area (Å²) < 4.78 is 6.40. The van der Waals surface area contributed by atoms with Gasteiger partial charge in [0.2, 0.25) is 0 Å². The predicted molar refractivity (Wildman–Crippen MR) is 106 cm³/mol. The average molecular weight is 431 g/mol. The van der Waals surface area contributed by atoms with Gasteiger partial charge in [-0.05, 0) is 43.3 Å². The first kappa shape index (κ1) is 18.3. The first-order chi connectivity index (χ1) is 12.5. The van der Waals surface area contributed by atoms with Gasteiger partial charge >= 0.3 is 0 Å². The zero-order valence-electron chi connectivity index (χ0n) is 13.9. The van der Waals surface area contributed by atoms with E-state index in [4.69, 9.17) is 4.74 Å². The largest absolute Gasteiger partial charge is 0.484 e. The summed E-state index contributed by atoms with van der Waals surface area (Å²) in [6.07, 6.45) is 0. The molecule has 1 amide bonds. The van der Waals surface area contributed by atoms with Gasteiger partial charge in [0.25, 0.3) is 5.91 Å². The Balaban J connectivity index is 1.56. The highest BCUT2D eigenvalue weighted by Gasteiger charge is 2.09. The fourth-order valence-corrected chi connectivity index (χ4v) is 3.34. The molecule has 3 aromatic rings. The number of aromatic nitrogens is 1. The lowest BCUT2D eigenvalue weighted by Crippen LogP contribution is -2.20. The van der Waals surface area contributed by atoms with Crippen LogP contribution in [-0.4, -0.2) is 23.3 Å². The van der Waals surface area contributed by atoms with Gasteiger partial charge in [-0.15, -0.1) is 11.3 Å². The second kappa shape index (κ2) is 8.25. The Bertz CT molecular complexity index is 938. The van der Waals surface area contributed by atoms with Gasteiger partial charge in [-0.25, -0.2) is 4.98 Å². The molecule has 0 fully saturated rings. The van der Waals surface area contributed by atoms with Gasteiger partial charge in [-0.3, -0.25) is 14.9 Å². The van der Waals surface area contributed by atoms with E-state index in [1.165, 1.54) is 18.3 Å². The average Bonchev–Trinajstić information content (AvgIpc) is 3.09. The lowest BCUT2D eigenvalue weighted by Gasteiger charge is -2.06. The molecule has 0 saturated carbocycles. The second-order valence-corrected chi connectivity index (χ2v) is 7.24. The summed E-state index contributed by atoms with van der Waals surface area (Å²) in [4.78, 5) is 27.7. The minimum atomic E-state index is -0.296. The number of ether oxygens (including phenoxy) is 1. The summed E-state index contributed by atoms with van der Waals surface area (Å²) in [6, 6.07) is 14.5. The number of halogens is 1. The van der Waals surface area contributed by atoms with Crippen LogP contribution in [-0.2, 0) is 4.79 Å².